The van der Waals surface area contributed by atoms with Gasteiger partial charge in [-0.15, -0.1) is 0 Å². The lowest BCUT2D eigenvalue weighted by molar-refractivity contribution is -0.255. The van der Waals surface area contributed by atoms with Crippen LogP contribution >= 0.6 is 0 Å². The molecule has 4 fully saturated rings. The third-order valence-corrected chi connectivity index (χ3v) is 9.78. The van der Waals surface area contributed by atoms with Crippen LogP contribution in [0.4, 0.5) is 0 Å². The van der Waals surface area contributed by atoms with Crippen LogP contribution < -0.4 is 0 Å². The number of Topliss-reactive ketones (excluding diaryl/α,β-unsaturated/α-hetero) is 1. The van der Waals surface area contributed by atoms with Crippen LogP contribution in [0, 0.1) is 28.1 Å². The van der Waals surface area contributed by atoms with Crippen molar-refractivity contribution >= 4 is 23.7 Å². The van der Waals surface area contributed by atoms with Crippen LogP contribution in [0.5, 0.6) is 0 Å². The number of carbonyl (C=O) groups is 4. The minimum absolute atomic E-state index is 0.302. The normalized spacial score (nSPS) is 48.9. The molecule has 0 radical (unpaired) electrons. The number of hydrogen-bond donors (Lipinski definition) is 0. The molecule has 1 saturated carbocycles. The molecule has 4 aliphatic heterocycles. The van der Waals surface area contributed by atoms with Gasteiger partial charge in [-0.05, 0) is 46.1 Å². The number of esters is 3. The fourth-order valence-corrected chi connectivity index (χ4v) is 8.13. The minimum atomic E-state index is -1.72. The first-order valence-electron chi connectivity index (χ1n) is 12.1. The predicted octanol–water partition coefficient (Wildman–Crippen LogP) is 2.03. The van der Waals surface area contributed by atoms with E-state index in [0.717, 1.165) is 5.57 Å². The van der Waals surface area contributed by atoms with Crippen molar-refractivity contribution in [3.8, 4) is 0 Å². The van der Waals surface area contributed by atoms with E-state index < -0.39 is 75.4 Å². The molecule has 8 unspecified atom stereocenters. The molecule has 0 bridgehead atoms. The van der Waals surface area contributed by atoms with E-state index in [1.807, 2.05) is 26.8 Å². The lowest BCUT2D eigenvalue weighted by atomic mass is 9.38. The Balaban J connectivity index is 1.68. The Labute approximate surface area is 203 Å². The topological polar surface area (TPSA) is 118 Å². The largest absolute Gasteiger partial charge is 0.468 e. The molecule has 0 N–H and O–H groups in total. The molecule has 0 aromatic heterocycles. The SMILES string of the molecule is COC(=O)C12C(=O)C(C)OC3OC(=O)C(C)(CC4C5(CO5)C5=CC(=O)OC(C)(C)C5=CCC41C)C32. The maximum Gasteiger partial charge on any atom is 0.332 e. The van der Waals surface area contributed by atoms with Gasteiger partial charge in [-0.2, -0.15) is 0 Å². The van der Waals surface area contributed by atoms with Crippen LogP contribution in [0.1, 0.15) is 47.5 Å². The van der Waals surface area contributed by atoms with Crippen molar-refractivity contribution in [3.63, 3.8) is 0 Å². The molecule has 6 rings (SSSR count). The highest BCUT2D eigenvalue weighted by Gasteiger charge is 2.84. The lowest BCUT2D eigenvalue weighted by Gasteiger charge is -2.62. The molecule has 2 aliphatic carbocycles. The first kappa shape index (κ1) is 22.9. The van der Waals surface area contributed by atoms with Gasteiger partial charge in [-0.1, -0.05) is 13.0 Å². The summed E-state index contributed by atoms with van der Waals surface area (Å²) in [6.45, 7) is 9.17. The summed E-state index contributed by atoms with van der Waals surface area (Å²) in [5, 5.41) is 0. The third kappa shape index (κ3) is 2.37. The van der Waals surface area contributed by atoms with Gasteiger partial charge in [0.25, 0.3) is 0 Å². The summed E-state index contributed by atoms with van der Waals surface area (Å²) in [4.78, 5) is 54.1. The second kappa shape index (κ2) is 6.42. The van der Waals surface area contributed by atoms with Crippen LogP contribution in [0.2, 0.25) is 0 Å². The van der Waals surface area contributed by atoms with Crippen molar-refractivity contribution in [3.05, 3.63) is 23.3 Å². The van der Waals surface area contributed by atoms with E-state index in [-0.39, 0.29) is 0 Å². The van der Waals surface area contributed by atoms with Gasteiger partial charge in [0.15, 0.2) is 5.78 Å². The Kier molecular flexibility index (Phi) is 4.20. The number of ketones is 1. The van der Waals surface area contributed by atoms with Crippen molar-refractivity contribution in [2.75, 3.05) is 13.7 Å². The highest BCUT2D eigenvalue weighted by Crippen LogP contribution is 2.75. The lowest BCUT2D eigenvalue weighted by Crippen LogP contribution is -2.73. The number of methoxy groups -OCH3 is 1. The van der Waals surface area contributed by atoms with Gasteiger partial charge in [-0.3, -0.25) is 14.4 Å². The zero-order valence-corrected chi connectivity index (χ0v) is 20.8. The van der Waals surface area contributed by atoms with Crippen molar-refractivity contribution < 1.29 is 42.9 Å². The van der Waals surface area contributed by atoms with E-state index in [2.05, 4.69) is 0 Å². The molecule has 6 aliphatic rings. The fourth-order valence-electron chi connectivity index (χ4n) is 8.13. The van der Waals surface area contributed by atoms with Crippen LogP contribution in [-0.2, 0) is 42.9 Å². The molecule has 4 heterocycles. The Morgan fingerprint density at radius 2 is 1.80 bits per heavy atom. The van der Waals surface area contributed by atoms with E-state index >= 15 is 0 Å². The number of epoxide rings is 1. The maximum absolute atomic E-state index is 14.2. The highest BCUT2D eigenvalue weighted by atomic mass is 16.7. The van der Waals surface area contributed by atoms with E-state index in [4.69, 9.17) is 23.7 Å². The molecular weight excluding hydrogens is 456 g/mol. The van der Waals surface area contributed by atoms with Gasteiger partial charge < -0.3 is 23.7 Å². The maximum atomic E-state index is 14.2. The van der Waals surface area contributed by atoms with Gasteiger partial charge in [-0.25, -0.2) is 4.79 Å². The fraction of sp³-hybridized carbons (Fsp3) is 0.692. The first-order valence-corrected chi connectivity index (χ1v) is 12.1. The standard InChI is InChI=1S/C26H30O9/c1-12-18(28)26(21(30)31-6)17-19(33-12)34-20(29)23(17,4)10-15-24(26,5)8-7-13-14(25(15)11-32-25)9-16(27)35-22(13,2)3/h7,9,12,15,17,19H,8,10-11H2,1-6H3. The third-order valence-electron chi connectivity index (χ3n) is 9.78. The quantitative estimate of drug-likeness (QED) is 0.237. The van der Waals surface area contributed by atoms with E-state index in [9.17, 15) is 19.2 Å². The van der Waals surface area contributed by atoms with E-state index in [1.165, 1.54) is 13.2 Å². The molecule has 35 heavy (non-hydrogen) atoms. The molecule has 0 amide bonds. The van der Waals surface area contributed by atoms with Crippen LogP contribution in [0.25, 0.3) is 0 Å². The second-order valence-corrected chi connectivity index (χ2v) is 11.8. The molecule has 0 aromatic rings. The highest BCUT2D eigenvalue weighted by molar-refractivity contribution is 6.09. The number of fused-ring (bicyclic) bond motifs is 5. The average Bonchev–Trinajstić information content (AvgIpc) is 3.54. The zero-order chi connectivity index (χ0) is 25.3. The number of cyclic esters (lactones) is 1. The van der Waals surface area contributed by atoms with Crippen molar-refractivity contribution in [1.29, 1.82) is 0 Å². The predicted molar refractivity (Wildman–Crippen MR) is 117 cm³/mol. The van der Waals surface area contributed by atoms with Crippen LogP contribution in [0.15, 0.2) is 23.3 Å². The summed E-state index contributed by atoms with van der Waals surface area (Å²) < 4.78 is 28.7. The summed E-state index contributed by atoms with van der Waals surface area (Å²) in [5.74, 6) is -3.40. The first-order chi connectivity index (χ1) is 16.3. The summed E-state index contributed by atoms with van der Waals surface area (Å²) in [5.41, 5.74) is -4.29. The van der Waals surface area contributed by atoms with Crippen LogP contribution in [0.3, 0.4) is 0 Å². The zero-order valence-electron chi connectivity index (χ0n) is 20.8. The molecule has 1 spiro atoms. The Hall–Kier alpha value is -2.52. The summed E-state index contributed by atoms with van der Waals surface area (Å²) in [6.07, 6.45) is 2.04. The molecule has 9 nitrogen and oxygen atoms in total. The molecule has 9 heteroatoms. The number of rotatable bonds is 1. The summed E-state index contributed by atoms with van der Waals surface area (Å²) >= 11 is 0. The van der Waals surface area contributed by atoms with Gasteiger partial charge in [0, 0.05) is 23.0 Å². The van der Waals surface area contributed by atoms with Crippen molar-refractivity contribution in [2.24, 2.45) is 28.1 Å². The number of carbonyl (C=O) groups excluding carboxylic acids is 4. The van der Waals surface area contributed by atoms with Crippen molar-refractivity contribution in [2.45, 2.75) is 71.1 Å². The van der Waals surface area contributed by atoms with E-state index in [0.29, 0.717) is 25.0 Å². The minimum Gasteiger partial charge on any atom is -0.468 e. The van der Waals surface area contributed by atoms with E-state index in [1.54, 1.807) is 13.8 Å². The number of allylic oxidation sites excluding steroid dienone is 1. The van der Waals surface area contributed by atoms with Crippen LogP contribution in [-0.4, -0.2) is 61.0 Å². The summed E-state index contributed by atoms with van der Waals surface area (Å²) in [6, 6.07) is 0. The molecule has 188 valence electrons. The van der Waals surface area contributed by atoms with Crippen molar-refractivity contribution in [1.82, 2.24) is 0 Å². The second-order valence-electron chi connectivity index (χ2n) is 11.8. The average molecular weight is 487 g/mol. The molecule has 0 aromatic carbocycles. The smallest absolute Gasteiger partial charge is 0.332 e. The molecular formula is C26H30O9. The summed E-state index contributed by atoms with van der Waals surface area (Å²) in [7, 11) is 1.26. The Morgan fingerprint density at radius 1 is 1.11 bits per heavy atom. The Bertz CT molecular complexity index is 1160. The van der Waals surface area contributed by atoms with Gasteiger partial charge in [0.05, 0.1) is 25.0 Å². The molecule has 3 saturated heterocycles. The number of hydrogen-bond acceptors (Lipinski definition) is 9. The van der Waals surface area contributed by atoms with Gasteiger partial charge >= 0.3 is 17.9 Å². The number of ether oxygens (including phenoxy) is 5. The monoisotopic (exact) mass is 486 g/mol. The Morgan fingerprint density at radius 3 is 2.43 bits per heavy atom. The van der Waals surface area contributed by atoms with Gasteiger partial charge in [0.1, 0.15) is 22.7 Å². The molecule has 8 atom stereocenters. The van der Waals surface area contributed by atoms with Gasteiger partial charge in [0.2, 0.25) is 6.29 Å².